The number of hydrogen-bond donors (Lipinski definition) is 3. The number of urea groups is 1. The van der Waals surface area contributed by atoms with E-state index in [9.17, 15) is 14.7 Å². The molecule has 0 bridgehead atoms. The van der Waals surface area contributed by atoms with Crippen molar-refractivity contribution in [3.05, 3.63) is 0 Å². The van der Waals surface area contributed by atoms with Crippen molar-refractivity contribution in [2.45, 2.75) is 51.1 Å². The van der Waals surface area contributed by atoms with Crippen molar-refractivity contribution in [1.82, 2.24) is 15.5 Å². The second kappa shape index (κ2) is 6.75. The lowest BCUT2D eigenvalue weighted by atomic mass is 9.93. The number of carbonyl (C=O) groups is 2. The van der Waals surface area contributed by atoms with Crippen molar-refractivity contribution in [3.8, 4) is 0 Å². The fourth-order valence-electron chi connectivity index (χ4n) is 2.51. The average molecular weight is 271 g/mol. The van der Waals surface area contributed by atoms with Crippen LogP contribution in [0.4, 0.5) is 4.79 Å². The van der Waals surface area contributed by atoms with Gasteiger partial charge in [0.25, 0.3) is 0 Å². The molecule has 2 amide bonds. The molecular formula is C13H25N3O3. The quantitative estimate of drug-likeness (QED) is 0.697. The van der Waals surface area contributed by atoms with Gasteiger partial charge in [-0.15, -0.1) is 0 Å². The molecule has 110 valence electrons. The van der Waals surface area contributed by atoms with E-state index in [0.29, 0.717) is 12.8 Å². The predicted molar refractivity (Wildman–Crippen MR) is 73.1 cm³/mol. The van der Waals surface area contributed by atoms with Crippen molar-refractivity contribution in [3.63, 3.8) is 0 Å². The van der Waals surface area contributed by atoms with Crippen LogP contribution in [-0.2, 0) is 4.79 Å². The van der Waals surface area contributed by atoms with Gasteiger partial charge in [-0.05, 0) is 39.3 Å². The summed E-state index contributed by atoms with van der Waals surface area (Å²) in [6.07, 6.45) is 2.73. The molecule has 0 radical (unpaired) electrons. The van der Waals surface area contributed by atoms with Crippen LogP contribution in [0.3, 0.4) is 0 Å². The largest absolute Gasteiger partial charge is 0.480 e. The minimum Gasteiger partial charge on any atom is -0.480 e. The van der Waals surface area contributed by atoms with Gasteiger partial charge in [0.2, 0.25) is 0 Å². The van der Waals surface area contributed by atoms with E-state index < -0.39 is 11.5 Å². The molecule has 3 N–H and O–H groups in total. The Kier molecular flexibility index (Phi) is 5.60. The maximum absolute atomic E-state index is 12.0. The first-order chi connectivity index (χ1) is 8.93. The molecule has 1 saturated heterocycles. The molecule has 0 aliphatic carbocycles. The number of nitrogens with one attached hydrogen (secondary N) is 2. The van der Waals surface area contributed by atoms with Crippen LogP contribution in [0.25, 0.3) is 0 Å². The molecule has 0 spiro atoms. The second-order valence-electron chi connectivity index (χ2n) is 5.29. The van der Waals surface area contributed by atoms with Crippen molar-refractivity contribution < 1.29 is 14.7 Å². The Bertz CT molecular complexity index is 329. The van der Waals surface area contributed by atoms with Gasteiger partial charge < -0.3 is 20.6 Å². The van der Waals surface area contributed by atoms with Crippen molar-refractivity contribution in [2.24, 2.45) is 0 Å². The summed E-state index contributed by atoms with van der Waals surface area (Å²) >= 11 is 0. The lowest BCUT2D eigenvalue weighted by molar-refractivity contribution is -0.144. The van der Waals surface area contributed by atoms with Gasteiger partial charge in [-0.3, -0.25) is 0 Å². The zero-order valence-electron chi connectivity index (χ0n) is 12.0. The lowest BCUT2D eigenvalue weighted by Crippen LogP contribution is -2.59. The SMILES string of the molecule is CCC(CC)(NC(=O)NC1CCCN(C)C1)C(=O)O. The van der Waals surface area contributed by atoms with Gasteiger partial charge >= 0.3 is 12.0 Å². The zero-order valence-corrected chi connectivity index (χ0v) is 12.0. The smallest absolute Gasteiger partial charge is 0.329 e. The Balaban J connectivity index is 2.55. The Hall–Kier alpha value is -1.30. The average Bonchev–Trinajstić information content (AvgIpc) is 2.35. The number of carboxylic acids is 1. The second-order valence-corrected chi connectivity index (χ2v) is 5.29. The molecule has 0 aromatic heterocycles. The third kappa shape index (κ3) is 4.09. The summed E-state index contributed by atoms with van der Waals surface area (Å²) in [7, 11) is 2.02. The number of piperidine rings is 1. The van der Waals surface area contributed by atoms with Crippen LogP contribution in [0, 0.1) is 0 Å². The minimum absolute atomic E-state index is 0.0963. The molecule has 1 fully saturated rings. The van der Waals surface area contributed by atoms with Gasteiger partial charge in [0.1, 0.15) is 5.54 Å². The molecule has 0 saturated carbocycles. The molecule has 0 aromatic rings. The van der Waals surface area contributed by atoms with E-state index in [0.717, 1.165) is 25.9 Å². The molecule has 6 nitrogen and oxygen atoms in total. The van der Waals surface area contributed by atoms with Crippen LogP contribution in [0.1, 0.15) is 39.5 Å². The topological polar surface area (TPSA) is 81.7 Å². The van der Waals surface area contributed by atoms with Crippen LogP contribution in [0.5, 0.6) is 0 Å². The van der Waals surface area contributed by atoms with Gasteiger partial charge in [-0.1, -0.05) is 13.8 Å². The van der Waals surface area contributed by atoms with Gasteiger partial charge in [0.15, 0.2) is 0 Å². The molecule has 1 atom stereocenters. The highest BCUT2D eigenvalue weighted by Crippen LogP contribution is 2.15. The van der Waals surface area contributed by atoms with E-state index in [2.05, 4.69) is 15.5 Å². The third-order valence-electron chi connectivity index (χ3n) is 3.93. The summed E-state index contributed by atoms with van der Waals surface area (Å²) in [5.41, 5.74) is -1.16. The van der Waals surface area contributed by atoms with Crippen LogP contribution in [0.2, 0.25) is 0 Å². The van der Waals surface area contributed by atoms with Crippen molar-refractivity contribution in [1.29, 1.82) is 0 Å². The first-order valence-corrected chi connectivity index (χ1v) is 6.94. The van der Waals surface area contributed by atoms with Crippen LogP contribution < -0.4 is 10.6 Å². The van der Waals surface area contributed by atoms with Crippen LogP contribution in [-0.4, -0.2) is 53.7 Å². The summed E-state index contributed by atoms with van der Waals surface area (Å²) < 4.78 is 0. The molecule has 1 aliphatic heterocycles. The number of likely N-dealkylation sites (tertiary alicyclic amines) is 1. The molecule has 1 aliphatic rings. The Labute approximate surface area is 114 Å². The highest BCUT2D eigenvalue weighted by molar-refractivity contribution is 5.86. The molecule has 1 heterocycles. The van der Waals surface area contributed by atoms with Crippen molar-refractivity contribution in [2.75, 3.05) is 20.1 Å². The Morgan fingerprint density at radius 3 is 2.47 bits per heavy atom. The standard InChI is InChI=1S/C13H25N3O3/c1-4-13(5-2,11(17)18)15-12(19)14-10-7-6-8-16(3)9-10/h10H,4-9H2,1-3H3,(H,17,18)(H2,14,15,19). The molecule has 6 heteroatoms. The number of nitrogens with zero attached hydrogens (tertiary/aromatic N) is 1. The van der Waals surface area contributed by atoms with Gasteiger partial charge in [0.05, 0.1) is 0 Å². The fourth-order valence-corrected chi connectivity index (χ4v) is 2.51. The first-order valence-electron chi connectivity index (χ1n) is 6.94. The van der Waals surface area contributed by atoms with E-state index in [-0.39, 0.29) is 12.1 Å². The number of likely N-dealkylation sites (N-methyl/N-ethyl adjacent to an activating group) is 1. The highest BCUT2D eigenvalue weighted by atomic mass is 16.4. The van der Waals surface area contributed by atoms with E-state index in [1.54, 1.807) is 13.8 Å². The molecule has 19 heavy (non-hydrogen) atoms. The lowest BCUT2D eigenvalue weighted by Gasteiger charge is -2.33. The summed E-state index contributed by atoms with van der Waals surface area (Å²) in [5.74, 6) is -0.978. The number of rotatable bonds is 5. The Morgan fingerprint density at radius 2 is 2.00 bits per heavy atom. The minimum atomic E-state index is -1.16. The maximum Gasteiger partial charge on any atom is 0.329 e. The van der Waals surface area contributed by atoms with Gasteiger partial charge in [-0.2, -0.15) is 0 Å². The summed E-state index contributed by atoms with van der Waals surface area (Å²) in [6.45, 7) is 5.40. The number of carboxylic acid groups (broad SMARTS) is 1. The predicted octanol–water partition coefficient (Wildman–Crippen LogP) is 1.02. The van der Waals surface area contributed by atoms with Gasteiger partial charge in [-0.25, -0.2) is 9.59 Å². The van der Waals surface area contributed by atoms with E-state index in [1.165, 1.54) is 0 Å². The molecule has 1 unspecified atom stereocenters. The Morgan fingerprint density at radius 1 is 1.37 bits per heavy atom. The number of amides is 2. The summed E-state index contributed by atoms with van der Waals surface area (Å²) in [5, 5.41) is 14.8. The van der Waals surface area contributed by atoms with Crippen LogP contribution in [0.15, 0.2) is 0 Å². The van der Waals surface area contributed by atoms with Gasteiger partial charge in [0, 0.05) is 12.6 Å². The van der Waals surface area contributed by atoms with E-state index in [1.807, 2.05) is 7.05 Å². The molecular weight excluding hydrogens is 246 g/mol. The summed E-state index contributed by atoms with van der Waals surface area (Å²) in [4.78, 5) is 25.4. The number of carbonyl (C=O) groups excluding carboxylic acids is 1. The van der Waals surface area contributed by atoms with E-state index in [4.69, 9.17) is 0 Å². The number of hydrogen-bond acceptors (Lipinski definition) is 3. The zero-order chi connectivity index (χ0) is 14.5. The first kappa shape index (κ1) is 15.8. The van der Waals surface area contributed by atoms with Crippen LogP contribution >= 0.6 is 0 Å². The number of aliphatic carboxylic acids is 1. The molecule has 1 rings (SSSR count). The molecule has 0 aromatic carbocycles. The fraction of sp³-hybridized carbons (Fsp3) is 0.846. The summed E-state index contributed by atoms with van der Waals surface area (Å²) in [6, 6.07) is -0.287. The maximum atomic E-state index is 12.0. The van der Waals surface area contributed by atoms with Crippen molar-refractivity contribution >= 4 is 12.0 Å². The van der Waals surface area contributed by atoms with E-state index >= 15 is 0 Å². The third-order valence-corrected chi connectivity index (χ3v) is 3.93. The highest BCUT2D eigenvalue weighted by Gasteiger charge is 2.36. The monoisotopic (exact) mass is 271 g/mol. The normalized spacial score (nSPS) is 20.9.